The molecule has 5 nitrogen and oxygen atoms in total. The standard InChI is InChI=1S/C18H22N2O3/c1-11-17(23-12(2)19-11)18(22)20-16(14-9-15(21)10-14)8-13-6-4-3-5-7-13/h3-7,14-16,21H,8-10H2,1-2H3,(H,20,22)/t14?,15?,16-/m1/s1. The number of carbonyl (C=O) groups is 1. The van der Waals surface area contributed by atoms with E-state index in [1.54, 1.807) is 13.8 Å². The molecule has 1 aromatic carbocycles. The average molecular weight is 314 g/mol. The molecule has 1 atom stereocenters. The molecular weight excluding hydrogens is 292 g/mol. The summed E-state index contributed by atoms with van der Waals surface area (Å²) < 4.78 is 5.41. The topological polar surface area (TPSA) is 75.4 Å². The zero-order valence-electron chi connectivity index (χ0n) is 13.5. The summed E-state index contributed by atoms with van der Waals surface area (Å²) in [5.41, 5.74) is 1.77. The minimum atomic E-state index is -0.246. The molecule has 0 saturated heterocycles. The molecule has 0 radical (unpaired) electrons. The van der Waals surface area contributed by atoms with Crippen LogP contribution in [-0.4, -0.2) is 28.1 Å². The van der Waals surface area contributed by atoms with Crippen LogP contribution < -0.4 is 5.32 Å². The number of rotatable bonds is 5. The molecule has 2 aromatic rings. The van der Waals surface area contributed by atoms with Gasteiger partial charge in [-0.25, -0.2) is 4.98 Å². The first-order valence-electron chi connectivity index (χ1n) is 8.00. The zero-order valence-corrected chi connectivity index (χ0v) is 13.5. The maximum atomic E-state index is 12.5. The van der Waals surface area contributed by atoms with Gasteiger partial charge in [-0.15, -0.1) is 0 Å². The first-order valence-corrected chi connectivity index (χ1v) is 8.00. The van der Waals surface area contributed by atoms with Gasteiger partial charge in [0.25, 0.3) is 5.91 Å². The number of aliphatic hydroxyl groups is 1. The van der Waals surface area contributed by atoms with Crippen molar-refractivity contribution in [2.24, 2.45) is 5.92 Å². The zero-order chi connectivity index (χ0) is 16.4. The van der Waals surface area contributed by atoms with Crippen LogP contribution in [0.3, 0.4) is 0 Å². The molecule has 3 rings (SSSR count). The molecule has 1 aliphatic carbocycles. The second kappa shape index (κ2) is 6.54. The number of oxazole rings is 1. The Bertz CT molecular complexity index is 675. The van der Waals surface area contributed by atoms with Gasteiger partial charge in [0.1, 0.15) is 0 Å². The number of amides is 1. The number of benzene rings is 1. The Kier molecular flexibility index (Phi) is 4.48. The minimum absolute atomic E-state index is 0.0156. The lowest BCUT2D eigenvalue weighted by atomic mass is 9.75. The highest BCUT2D eigenvalue weighted by molar-refractivity contribution is 5.92. The van der Waals surface area contributed by atoms with Crippen molar-refractivity contribution in [3.05, 3.63) is 53.2 Å². The quantitative estimate of drug-likeness (QED) is 0.888. The molecule has 1 fully saturated rings. The van der Waals surface area contributed by atoms with Gasteiger partial charge in [0.05, 0.1) is 11.8 Å². The minimum Gasteiger partial charge on any atom is -0.436 e. The Labute approximate surface area is 135 Å². The Morgan fingerprint density at radius 2 is 2.04 bits per heavy atom. The van der Waals surface area contributed by atoms with E-state index < -0.39 is 0 Å². The first-order chi connectivity index (χ1) is 11.0. The molecule has 23 heavy (non-hydrogen) atoms. The van der Waals surface area contributed by atoms with Crippen LogP contribution >= 0.6 is 0 Å². The summed E-state index contributed by atoms with van der Waals surface area (Å²) in [6, 6.07) is 10.1. The second-order valence-corrected chi connectivity index (χ2v) is 6.30. The molecule has 1 saturated carbocycles. The second-order valence-electron chi connectivity index (χ2n) is 6.30. The summed E-state index contributed by atoms with van der Waals surface area (Å²) in [4.78, 5) is 16.6. The van der Waals surface area contributed by atoms with Crippen molar-refractivity contribution in [2.75, 3.05) is 0 Å². The summed E-state index contributed by atoms with van der Waals surface area (Å²) in [5.74, 6) is 0.829. The predicted octanol–water partition coefficient (Wildman–Crippen LogP) is 2.40. The van der Waals surface area contributed by atoms with E-state index in [0.717, 1.165) is 19.3 Å². The van der Waals surface area contributed by atoms with Crippen molar-refractivity contribution < 1.29 is 14.3 Å². The summed E-state index contributed by atoms with van der Waals surface area (Å²) in [7, 11) is 0. The van der Waals surface area contributed by atoms with E-state index >= 15 is 0 Å². The Hall–Kier alpha value is -2.14. The van der Waals surface area contributed by atoms with Crippen LogP contribution in [0.15, 0.2) is 34.7 Å². The third-order valence-corrected chi connectivity index (χ3v) is 4.44. The molecule has 1 aliphatic rings. The van der Waals surface area contributed by atoms with Crippen LogP contribution in [0.2, 0.25) is 0 Å². The highest BCUT2D eigenvalue weighted by atomic mass is 16.4. The fourth-order valence-corrected chi connectivity index (χ4v) is 3.14. The molecule has 2 N–H and O–H groups in total. The Morgan fingerprint density at radius 1 is 1.35 bits per heavy atom. The van der Waals surface area contributed by atoms with Crippen molar-refractivity contribution in [3.63, 3.8) is 0 Å². The third-order valence-electron chi connectivity index (χ3n) is 4.44. The number of aromatic nitrogens is 1. The maximum Gasteiger partial charge on any atom is 0.289 e. The monoisotopic (exact) mass is 314 g/mol. The van der Waals surface area contributed by atoms with Crippen LogP contribution in [0, 0.1) is 19.8 Å². The molecule has 0 bridgehead atoms. The van der Waals surface area contributed by atoms with E-state index in [1.807, 2.05) is 18.2 Å². The van der Waals surface area contributed by atoms with Crippen molar-refractivity contribution in [1.29, 1.82) is 0 Å². The molecule has 122 valence electrons. The number of aliphatic hydroxyl groups excluding tert-OH is 1. The number of hydrogen-bond donors (Lipinski definition) is 2. The highest BCUT2D eigenvalue weighted by Crippen LogP contribution is 2.32. The number of nitrogens with zero attached hydrogens (tertiary/aromatic N) is 1. The van der Waals surface area contributed by atoms with Gasteiger partial charge in [0.15, 0.2) is 5.89 Å². The van der Waals surface area contributed by atoms with Crippen molar-refractivity contribution in [1.82, 2.24) is 10.3 Å². The SMILES string of the molecule is Cc1nc(C)c(C(=O)N[C@H](Cc2ccccc2)C2CC(O)C2)o1. The number of aryl methyl sites for hydroxylation is 2. The van der Waals surface area contributed by atoms with Gasteiger partial charge in [-0.05, 0) is 37.7 Å². The van der Waals surface area contributed by atoms with E-state index in [-0.39, 0.29) is 23.8 Å². The lowest BCUT2D eigenvalue weighted by Crippen LogP contribution is -2.48. The molecule has 5 heteroatoms. The normalized spacial score (nSPS) is 21.5. The van der Waals surface area contributed by atoms with Gasteiger partial charge < -0.3 is 14.8 Å². The number of hydrogen-bond acceptors (Lipinski definition) is 4. The molecule has 0 spiro atoms. The van der Waals surface area contributed by atoms with E-state index in [9.17, 15) is 9.90 Å². The van der Waals surface area contributed by atoms with E-state index in [2.05, 4.69) is 22.4 Å². The van der Waals surface area contributed by atoms with Gasteiger partial charge in [-0.1, -0.05) is 30.3 Å². The van der Waals surface area contributed by atoms with Gasteiger partial charge in [-0.2, -0.15) is 0 Å². The largest absolute Gasteiger partial charge is 0.436 e. The van der Waals surface area contributed by atoms with Crippen LogP contribution in [0.25, 0.3) is 0 Å². The fourth-order valence-electron chi connectivity index (χ4n) is 3.14. The summed E-state index contributed by atoms with van der Waals surface area (Å²) in [5, 5.41) is 12.7. The van der Waals surface area contributed by atoms with Crippen molar-refractivity contribution in [2.45, 2.75) is 45.3 Å². The van der Waals surface area contributed by atoms with Gasteiger partial charge >= 0.3 is 0 Å². The predicted molar refractivity (Wildman–Crippen MR) is 86.1 cm³/mol. The molecular formula is C18H22N2O3. The van der Waals surface area contributed by atoms with Gasteiger partial charge in [0, 0.05) is 13.0 Å². The molecule has 1 aromatic heterocycles. The lowest BCUT2D eigenvalue weighted by Gasteiger charge is -2.38. The smallest absolute Gasteiger partial charge is 0.289 e. The fraction of sp³-hybridized carbons (Fsp3) is 0.444. The Balaban J connectivity index is 1.73. The number of nitrogens with one attached hydrogen (secondary N) is 1. The van der Waals surface area contributed by atoms with Gasteiger partial charge in [-0.3, -0.25) is 4.79 Å². The summed E-state index contributed by atoms with van der Waals surface area (Å²) in [6.45, 7) is 3.50. The summed E-state index contributed by atoms with van der Waals surface area (Å²) in [6.07, 6.45) is 1.96. The van der Waals surface area contributed by atoms with Gasteiger partial charge in [0.2, 0.25) is 5.76 Å². The van der Waals surface area contributed by atoms with Crippen LogP contribution in [0.1, 0.15) is 40.5 Å². The Morgan fingerprint density at radius 3 is 2.61 bits per heavy atom. The van der Waals surface area contributed by atoms with E-state index in [0.29, 0.717) is 17.5 Å². The average Bonchev–Trinajstić information content (AvgIpc) is 2.83. The van der Waals surface area contributed by atoms with Crippen LogP contribution in [0.5, 0.6) is 0 Å². The lowest BCUT2D eigenvalue weighted by molar-refractivity contribution is 0.0236. The van der Waals surface area contributed by atoms with Crippen molar-refractivity contribution in [3.8, 4) is 0 Å². The van der Waals surface area contributed by atoms with Crippen LogP contribution in [0.4, 0.5) is 0 Å². The maximum absolute atomic E-state index is 12.5. The van der Waals surface area contributed by atoms with Crippen molar-refractivity contribution >= 4 is 5.91 Å². The molecule has 1 heterocycles. The summed E-state index contributed by atoms with van der Waals surface area (Å²) >= 11 is 0. The number of carbonyl (C=O) groups excluding carboxylic acids is 1. The van der Waals surface area contributed by atoms with Crippen LogP contribution in [-0.2, 0) is 6.42 Å². The van der Waals surface area contributed by atoms with E-state index in [1.165, 1.54) is 5.56 Å². The molecule has 1 amide bonds. The molecule has 0 unspecified atom stereocenters. The van der Waals surface area contributed by atoms with E-state index in [4.69, 9.17) is 4.42 Å². The first kappa shape index (κ1) is 15.7. The highest BCUT2D eigenvalue weighted by Gasteiger charge is 2.35. The molecule has 0 aliphatic heterocycles. The third kappa shape index (κ3) is 3.62.